The second-order valence-electron chi connectivity index (χ2n) is 11.9. The summed E-state index contributed by atoms with van der Waals surface area (Å²) in [6.45, 7) is 25.8. The minimum Gasteiger partial charge on any atom is -0.508 e. The molecule has 2 aromatic carbocycles. The predicted octanol–water partition coefficient (Wildman–Crippen LogP) is 7.87. The molecule has 0 atom stereocenters. The van der Waals surface area contributed by atoms with Gasteiger partial charge in [0.1, 0.15) is 23.1 Å². The zero-order chi connectivity index (χ0) is 32.5. The number of nitrogens with zero attached hydrogens (tertiary/aromatic N) is 1. The average molecular weight is 689 g/mol. The van der Waals surface area contributed by atoms with Crippen molar-refractivity contribution in [2.75, 3.05) is 19.6 Å². The van der Waals surface area contributed by atoms with Crippen LogP contribution in [-0.4, -0.2) is 72.0 Å². The van der Waals surface area contributed by atoms with Crippen molar-refractivity contribution in [3.63, 3.8) is 0 Å². The zero-order valence-electron chi connectivity index (χ0n) is 26.8. The molecule has 0 aromatic heterocycles. The summed E-state index contributed by atoms with van der Waals surface area (Å²) in [6.07, 6.45) is 0. The molecule has 0 amide bonds. The van der Waals surface area contributed by atoms with Crippen molar-refractivity contribution >= 4 is 36.2 Å². The smallest absolute Gasteiger partial charge is 0.497 e. The third-order valence-electron chi connectivity index (χ3n) is 7.87. The summed E-state index contributed by atoms with van der Waals surface area (Å²) in [5.41, 5.74) is -1.06. The van der Waals surface area contributed by atoms with Crippen LogP contribution in [0.1, 0.15) is 91.0 Å². The van der Waals surface area contributed by atoms with Crippen LogP contribution in [-0.2, 0) is 18.6 Å². The van der Waals surface area contributed by atoms with E-state index < -0.39 is 30.0 Å². The molecule has 44 heavy (non-hydrogen) atoms. The minimum atomic E-state index is -0.736. The quantitative estimate of drug-likeness (QED) is 0.317. The minimum absolute atomic E-state index is 0. The second-order valence-corrected chi connectivity index (χ2v) is 12.7. The Labute approximate surface area is 275 Å². The summed E-state index contributed by atoms with van der Waals surface area (Å²) in [6, 6.07) is 7.86. The van der Waals surface area contributed by atoms with Gasteiger partial charge in [0.15, 0.2) is 0 Å². The first-order chi connectivity index (χ1) is 19.2. The molecule has 251 valence electrons. The maximum atomic E-state index is 13.7. The van der Waals surface area contributed by atoms with Crippen LogP contribution in [0.5, 0.6) is 11.5 Å². The van der Waals surface area contributed by atoms with Crippen LogP contribution >= 0.6 is 15.9 Å². The van der Waals surface area contributed by atoms with Gasteiger partial charge in [0.2, 0.25) is 0 Å². The molecule has 7 nitrogen and oxygen atoms in total. The zero-order valence-corrected chi connectivity index (χ0v) is 28.4. The van der Waals surface area contributed by atoms with Crippen molar-refractivity contribution < 1.29 is 37.6 Å². The molecule has 12 heteroatoms. The third kappa shape index (κ3) is 12.6. The monoisotopic (exact) mass is 688 g/mol. The summed E-state index contributed by atoms with van der Waals surface area (Å²) in [4.78, 5) is 2.38. The van der Waals surface area contributed by atoms with Crippen LogP contribution in [0.4, 0.5) is 8.78 Å². The Morgan fingerprint density at radius 2 is 1.09 bits per heavy atom. The molecule has 0 aliphatic carbocycles. The molecule has 0 unspecified atom stereocenters. The topological polar surface area (TPSA) is 80.6 Å². The van der Waals surface area contributed by atoms with E-state index in [9.17, 15) is 8.78 Å². The fraction of sp³-hybridized carbons (Fsp3) is 0.625. The van der Waals surface area contributed by atoms with Crippen LogP contribution in [0.25, 0.3) is 0 Å². The van der Waals surface area contributed by atoms with Crippen LogP contribution < -0.4 is 5.46 Å². The Morgan fingerprint density at radius 1 is 0.705 bits per heavy atom. The average Bonchev–Trinajstić information content (AvgIpc) is 3.25. The molecule has 2 heterocycles. The van der Waals surface area contributed by atoms with Gasteiger partial charge >= 0.3 is 14.8 Å². The molecule has 1 radical (unpaired) electrons. The molecule has 2 aliphatic rings. The first kappa shape index (κ1) is 44.4. The lowest BCUT2D eigenvalue weighted by molar-refractivity contribution is 0.00578. The summed E-state index contributed by atoms with van der Waals surface area (Å²) in [7, 11) is 0.681. The Balaban J connectivity index is 0. The SMILES string of the molecule is C.C.CC1(C)OB(c2ccc(O)cc2F)OC1(C)C.CC1(C)O[B]OC1(C)C.CCN(CC)CC.Oc1ccc(Br)c(F)c1. The Bertz CT molecular complexity index is 1100. The second kappa shape index (κ2) is 18.5. The summed E-state index contributed by atoms with van der Waals surface area (Å²) < 4.78 is 48.3. The molecule has 0 saturated carbocycles. The van der Waals surface area contributed by atoms with Crippen LogP contribution in [0.3, 0.4) is 0 Å². The number of hydrogen-bond donors (Lipinski definition) is 2. The fourth-order valence-corrected chi connectivity index (χ4v) is 3.63. The number of halogens is 3. The molecule has 2 aliphatic heterocycles. The highest BCUT2D eigenvalue weighted by Gasteiger charge is 2.52. The number of aromatic hydroxyl groups is 2. The number of rotatable bonds is 4. The van der Waals surface area contributed by atoms with E-state index in [0.717, 1.165) is 12.1 Å². The van der Waals surface area contributed by atoms with Gasteiger partial charge in [-0.2, -0.15) is 0 Å². The van der Waals surface area contributed by atoms with Gasteiger partial charge in [-0.3, -0.25) is 0 Å². The van der Waals surface area contributed by atoms with Crippen molar-refractivity contribution in [2.45, 2.75) is 113 Å². The first-order valence-corrected chi connectivity index (χ1v) is 14.9. The standard InChI is InChI=1S/C12H16BFO3.C6H12BO2.C6H4BrFO.C6H15N.2CH4/c1-11(2)12(3,4)17-13(16-11)9-6-5-8(15)7-10(9)14;1-5(2)6(3,4)9-7-8-5;7-5-2-1-4(9)3-6(5)8;1-4-7(5-2)6-3;;/h5-7,15H,1-4H3;1-4H3;1-3,9H;4-6H2,1-3H3;2*1H4. The van der Waals surface area contributed by atoms with E-state index in [2.05, 4.69) is 41.6 Å². The number of phenols is 2. The van der Waals surface area contributed by atoms with Crippen molar-refractivity contribution in [1.82, 2.24) is 4.90 Å². The molecule has 0 bridgehead atoms. The van der Waals surface area contributed by atoms with E-state index in [-0.39, 0.29) is 37.6 Å². The van der Waals surface area contributed by atoms with E-state index in [1.165, 1.54) is 51.6 Å². The maximum absolute atomic E-state index is 13.7. The van der Waals surface area contributed by atoms with Gasteiger partial charge < -0.3 is 33.7 Å². The first-order valence-electron chi connectivity index (χ1n) is 14.1. The molecular formula is C32H55B2BrF2NO6. The number of benzene rings is 2. The number of hydrogen-bond acceptors (Lipinski definition) is 7. The van der Waals surface area contributed by atoms with Crippen molar-refractivity contribution in [2.24, 2.45) is 0 Å². The lowest BCUT2D eigenvalue weighted by Crippen LogP contribution is -2.41. The highest BCUT2D eigenvalue weighted by atomic mass is 79.9. The van der Waals surface area contributed by atoms with Crippen molar-refractivity contribution in [3.05, 3.63) is 52.5 Å². The van der Waals surface area contributed by atoms with Crippen LogP contribution in [0.15, 0.2) is 40.9 Å². The van der Waals surface area contributed by atoms with Crippen LogP contribution in [0.2, 0.25) is 0 Å². The maximum Gasteiger partial charge on any atom is 0.497 e. The van der Waals surface area contributed by atoms with Gasteiger partial charge in [0.05, 0.1) is 26.9 Å². The van der Waals surface area contributed by atoms with E-state index in [1.807, 2.05) is 55.4 Å². The Morgan fingerprint density at radius 3 is 1.36 bits per heavy atom. The van der Waals surface area contributed by atoms with E-state index in [1.54, 1.807) is 0 Å². The molecule has 2 aromatic rings. The molecule has 4 rings (SSSR count). The summed E-state index contributed by atoms with van der Waals surface area (Å²) in [5.74, 6) is -1.14. The van der Waals surface area contributed by atoms with E-state index >= 15 is 0 Å². The van der Waals surface area contributed by atoms with Crippen LogP contribution in [0, 0.1) is 11.6 Å². The summed E-state index contributed by atoms with van der Waals surface area (Å²) >= 11 is 2.94. The van der Waals surface area contributed by atoms with Gasteiger partial charge in [-0.15, -0.1) is 0 Å². The van der Waals surface area contributed by atoms with Crippen molar-refractivity contribution in [3.8, 4) is 11.5 Å². The van der Waals surface area contributed by atoms with Crippen molar-refractivity contribution in [1.29, 1.82) is 0 Å². The number of phenolic OH excluding ortho intramolecular Hbond substituents is 2. The predicted molar refractivity (Wildman–Crippen MR) is 183 cm³/mol. The fourth-order valence-electron chi connectivity index (χ4n) is 3.38. The molecule has 2 saturated heterocycles. The molecule has 2 N–H and O–H groups in total. The largest absolute Gasteiger partial charge is 0.508 e. The highest BCUT2D eigenvalue weighted by Crippen LogP contribution is 2.37. The summed E-state index contributed by atoms with van der Waals surface area (Å²) in [5, 5.41) is 17.8. The van der Waals surface area contributed by atoms with E-state index in [4.69, 9.17) is 28.8 Å². The third-order valence-corrected chi connectivity index (χ3v) is 8.51. The van der Waals surface area contributed by atoms with Gasteiger partial charge in [-0.05, 0) is 109 Å². The van der Waals surface area contributed by atoms with Gasteiger partial charge in [0, 0.05) is 17.6 Å². The van der Waals surface area contributed by atoms with E-state index in [0.29, 0.717) is 9.94 Å². The lowest BCUT2D eigenvalue weighted by Gasteiger charge is -2.32. The molecule has 0 spiro atoms. The normalized spacial score (nSPS) is 18.1. The van der Waals surface area contributed by atoms with Gasteiger partial charge in [-0.25, -0.2) is 8.78 Å². The molecular weight excluding hydrogens is 634 g/mol. The Kier molecular flexibility index (Phi) is 18.6. The lowest BCUT2D eigenvalue weighted by atomic mass is 9.78. The van der Waals surface area contributed by atoms with Gasteiger partial charge in [-0.1, -0.05) is 41.7 Å². The molecule has 2 fully saturated rings. The van der Waals surface area contributed by atoms with Gasteiger partial charge in [0.25, 0.3) is 0 Å². The Hall–Kier alpha value is -1.69. The highest BCUT2D eigenvalue weighted by molar-refractivity contribution is 9.10.